The van der Waals surface area contributed by atoms with E-state index < -0.39 is 0 Å². The molecule has 0 aromatic carbocycles. The topological polar surface area (TPSA) is 32.3 Å². The van der Waals surface area contributed by atoms with Crippen LogP contribution >= 0.6 is 0 Å². The second-order valence-electron chi connectivity index (χ2n) is 5.42. The second kappa shape index (κ2) is 6.24. The third-order valence-corrected chi connectivity index (χ3v) is 3.68. The minimum atomic E-state index is 0.176. The van der Waals surface area contributed by atoms with Gasteiger partial charge in [0.1, 0.15) is 0 Å². The summed E-state index contributed by atoms with van der Waals surface area (Å²) in [5.74, 6) is 0.678. The van der Waals surface area contributed by atoms with Gasteiger partial charge in [-0.15, -0.1) is 0 Å². The number of piperidine rings is 1. The molecule has 94 valence electrons. The van der Waals surface area contributed by atoms with Gasteiger partial charge in [0.05, 0.1) is 6.54 Å². The van der Waals surface area contributed by atoms with Gasteiger partial charge in [-0.1, -0.05) is 20.3 Å². The van der Waals surface area contributed by atoms with Gasteiger partial charge in [-0.3, -0.25) is 9.69 Å². The Bertz CT molecular complexity index is 228. The van der Waals surface area contributed by atoms with Gasteiger partial charge in [-0.05, 0) is 39.2 Å². The van der Waals surface area contributed by atoms with E-state index in [0.29, 0.717) is 18.5 Å². The van der Waals surface area contributed by atoms with Crippen molar-refractivity contribution in [2.24, 2.45) is 5.92 Å². The molecule has 16 heavy (non-hydrogen) atoms. The van der Waals surface area contributed by atoms with Crippen LogP contribution in [0.2, 0.25) is 0 Å². The van der Waals surface area contributed by atoms with Crippen LogP contribution in [0.15, 0.2) is 0 Å². The second-order valence-corrected chi connectivity index (χ2v) is 5.42. The number of hydrogen-bond acceptors (Lipinski definition) is 2. The first-order valence-electron chi connectivity index (χ1n) is 6.54. The molecule has 2 atom stereocenters. The van der Waals surface area contributed by atoms with Crippen LogP contribution in [0.4, 0.5) is 0 Å². The van der Waals surface area contributed by atoms with Crippen molar-refractivity contribution in [3.8, 4) is 0 Å². The zero-order chi connectivity index (χ0) is 12.1. The Morgan fingerprint density at radius 2 is 2.06 bits per heavy atom. The first kappa shape index (κ1) is 13.5. The molecule has 0 bridgehead atoms. The highest BCUT2D eigenvalue weighted by Crippen LogP contribution is 2.15. The molecule has 0 spiro atoms. The lowest BCUT2D eigenvalue weighted by Gasteiger charge is -2.33. The molecule has 1 N–H and O–H groups in total. The predicted molar refractivity (Wildman–Crippen MR) is 67.3 cm³/mol. The number of nitrogens with zero attached hydrogens (tertiary/aromatic N) is 1. The van der Waals surface area contributed by atoms with E-state index in [0.717, 1.165) is 6.54 Å². The van der Waals surface area contributed by atoms with E-state index in [1.807, 2.05) is 0 Å². The maximum Gasteiger partial charge on any atom is 0.234 e. The quantitative estimate of drug-likeness (QED) is 0.795. The summed E-state index contributed by atoms with van der Waals surface area (Å²) < 4.78 is 0. The largest absolute Gasteiger partial charge is 0.352 e. The first-order valence-corrected chi connectivity index (χ1v) is 6.54. The van der Waals surface area contributed by atoms with Crippen molar-refractivity contribution >= 4 is 5.91 Å². The molecule has 1 aliphatic heterocycles. The van der Waals surface area contributed by atoms with Gasteiger partial charge < -0.3 is 5.32 Å². The van der Waals surface area contributed by atoms with Crippen LogP contribution in [-0.4, -0.2) is 36.0 Å². The Morgan fingerprint density at radius 1 is 1.38 bits per heavy atom. The Hall–Kier alpha value is -0.570. The number of hydrogen-bond donors (Lipinski definition) is 1. The van der Waals surface area contributed by atoms with Crippen LogP contribution in [0.25, 0.3) is 0 Å². The molecule has 0 saturated carbocycles. The lowest BCUT2D eigenvalue weighted by atomic mass is 10.0. The minimum Gasteiger partial charge on any atom is -0.352 e. The summed E-state index contributed by atoms with van der Waals surface area (Å²) in [4.78, 5) is 14.1. The van der Waals surface area contributed by atoms with Crippen LogP contribution in [0, 0.1) is 5.92 Å². The maximum absolute atomic E-state index is 11.8. The molecular formula is C13H26N2O. The third kappa shape index (κ3) is 4.12. The number of carbonyl (C=O) groups is 1. The van der Waals surface area contributed by atoms with Gasteiger partial charge in [0.25, 0.3) is 0 Å². The van der Waals surface area contributed by atoms with E-state index in [1.165, 1.54) is 19.3 Å². The van der Waals surface area contributed by atoms with Gasteiger partial charge in [0, 0.05) is 12.1 Å². The standard InChI is InChI=1S/C13H26N2O/c1-10(2)12(4)14-13(16)9-15-8-6-5-7-11(15)3/h10-12H,5-9H2,1-4H3,(H,14,16). The lowest BCUT2D eigenvalue weighted by molar-refractivity contribution is -0.123. The molecule has 1 fully saturated rings. The molecule has 0 aromatic rings. The molecule has 3 heteroatoms. The van der Waals surface area contributed by atoms with Crippen molar-refractivity contribution in [2.45, 2.75) is 59.0 Å². The maximum atomic E-state index is 11.8. The summed E-state index contributed by atoms with van der Waals surface area (Å²) in [7, 11) is 0. The van der Waals surface area contributed by atoms with Crippen molar-refractivity contribution in [3.05, 3.63) is 0 Å². The summed E-state index contributed by atoms with van der Waals surface area (Å²) in [6, 6.07) is 0.835. The Balaban J connectivity index is 2.32. The highest BCUT2D eigenvalue weighted by atomic mass is 16.2. The lowest BCUT2D eigenvalue weighted by Crippen LogP contribution is -2.47. The van der Waals surface area contributed by atoms with Gasteiger partial charge >= 0.3 is 0 Å². The van der Waals surface area contributed by atoms with Crippen molar-refractivity contribution in [1.29, 1.82) is 0 Å². The van der Waals surface area contributed by atoms with E-state index in [9.17, 15) is 4.79 Å². The van der Waals surface area contributed by atoms with E-state index in [1.54, 1.807) is 0 Å². The van der Waals surface area contributed by atoms with E-state index in [4.69, 9.17) is 0 Å². The molecule has 1 rings (SSSR count). The van der Waals surface area contributed by atoms with Gasteiger partial charge in [-0.2, -0.15) is 0 Å². The van der Waals surface area contributed by atoms with Gasteiger partial charge in [0.2, 0.25) is 5.91 Å². The van der Waals surface area contributed by atoms with Gasteiger partial charge in [0.15, 0.2) is 0 Å². The molecule has 1 saturated heterocycles. The SMILES string of the molecule is CC(C)C(C)NC(=O)CN1CCCCC1C. The van der Waals surface area contributed by atoms with E-state index in [-0.39, 0.29) is 11.9 Å². The van der Waals surface area contributed by atoms with Crippen molar-refractivity contribution in [2.75, 3.05) is 13.1 Å². The van der Waals surface area contributed by atoms with Crippen LogP contribution < -0.4 is 5.32 Å². The Labute approximate surface area is 99.6 Å². The normalized spacial score (nSPS) is 24.4. The van der Waals surface area contributed by atoms with Crippen LogP contribution in [0.3, 0.4) is 0 Å². The van der Waals surface area contributed by atoms with Crippen molar-refractivity contribution in [3.63, 3.8) is 0 Å². The van der Waals surface area contributed by atoms with Crippen LogP contribution in [-0.2, 0) is 4.79 Å². The minimum absolute atomic E-state index is 0.176. The molecule has 1 amide bonds. The molecule has 1 aliphatic rings. The molecular weight excluding hydrogens is 200 g/mol. The summed E-state index contributed by atoms with van der Waals surface area (Å²) in [6.45, 7) is 10.2. The average Bonchev–Trinajstić information content (AvgIpc) is 2.21. The van der Waals surface area contributed by atoms with E-state index in [2.05, 4.69) is 37.9 Å². The predicted octanol–water partition coefficient (Wildman–Crippen LogP) is 2.02. The molecule has 1 heterocycles. The fraction of sp³-hybridized carbons (Fsp3) is 0.923. The smallest absolute Gasteiger partial charge is 0.234 e. The highest BCUT2D eigenvalue weighted by Gasteiger charge is 2.21. The van der Waals surface area contributed by atoms with Crippen molar-refractivity contribution < 1.29 is 4.79 Å². The zero-order valence-electron chi connectivity index (χ0n) is 11.1. The number of nitrogens with one attached hydrogen (secondary N) is 1. The Kier molecular flexibility index (Phi) is 5.26. The summed E-state index contributed by atoms with van der Waals surface area (Å²) in [5.41, 5.74) is 0. The number of rotatable bonds is 4. The molecule has 2 unspecified atom stereocenters. The first-order chi connectivity index (χ1) is 7.50. The van der Waals surface area contributed by atoms with Gasteiger partial charge in [-0.25, -0.2) is 0 Å². The van der Waals surface area contributed by atoms with Crippen molar-refractivity contribution in [1.82, 2.24) is 10.2 Å². The summed E-state index contributed by atoms with van der Waals surface area (Å²) >= 11 is 0. The number of carbonyl (C=O) groups excluding carboxylic acids is 1. The van der Waals surface area contributed by atoms with Crippen LogP contribution in [0.1, 0.15) is 47.0 Å². The number of likely N-dealkylation sites (tertiary alicyclic amines) is 1. The fourth-order valence-electron chi connectivity index (χ4n) is 2.04. The zero-order valence-corrected chi connectivity index (χ0v) is 11.1. The summed E-state index contributed by atoms with van der Waals surface area (Å²) in [6.07, 6.45) is 3.77. The molecule has 0 radical (unpaired) electrons. The average molecular weight is 226 g/mol. The summed E-state index contributed by atoms with van der Waals surface area (Å²) in [5, 5.41) is 3.07. The number of amides is 1. The molecule has 0 aliphatic carbocycles. The molecule has 3 nitrogen and oxygen atoms in total. The third-order valence-electron chi connectivity index (χ3n) is 3.68. The Morgan fingerprint density at radius 3 is 2.62 bits per heavy atom. The molecule has 0 aromatic heterocycles. The van der Waals surface area contributed by atoms with E-state index >= 15 is 0 Å². The fourth-order valence-corrected chi connectivity index (χ4v) is 2.04. The highest BCUT2D eigenvalue weighted by molar-refractivity contribution is 5.78. The monoisotopic (exact) mass is 226 g/mol. The van der Waals surface area contributed by atoms with Crippen LogP contribution in [0.5, 0.6) is 0 Å².